The summed E-state index contributed by atoms with van der Waals surface area (Å²) in [6, 6.07) is 10.6. The third-order valence-corrected chi connectivity index (χ3v) is 6.23. The van der Waals surface area contributed by atoms with Crippen molar-refractivity contribution in [3.8, 4) is 0 Å². The molecular formula is C25H22F4N6O. The Morgan fingerprint density at radius 2 is 1.92 bits per heavy atom. The molecule has 7 nitrogen and oxygen atoms in total. The minimum atomic E-state index is -4.81. The first-order chi connectivity index (χ1) is 17.3. The molecule has 0 spiro atoms. The van der Waals surface area contributed by atoms with Crippen molar-refractivity contribution in [3.05, 3.63) is 78.0 Å². The number of halogens is 4. The molecule has 3 heterocycles. The average Bonchev–Trinajstić information content (AvgIpc) is 3.34. The van der Waals surface area contributed by atoms with Gasteiger partial charge in [0, 0.05) is 30.9 Å². The number of carbonyl (C=O) groups excluding carboxylic acids is 1. The lowest BCUT2D eigenvalue weighted by atomic mass is 9.90. The standard InChI is InChI=1S/C25H22F4N6O/c26-20-8-2-7-19(25(27,28)29)21(20)34-24(36)33-17-6-1-4-15(12-17)16-5-3-11-35(13-16)23-18-9-10-30-22(18)31-14-32-23/h1-2,4,6-10,12,14,16H,3,5,11,13H2,(H,30,31,32)(H2,33,34,36). The molecule has 1 aliphatic rings. The fourth-order valence-electron chi connectivity index (χ4n) is 4.59. The predicted molar refractivity (Wildman–Crippen MR) is 129 cm³/mol. The predicted octanol–water partition coefficient (Wildman–Crippen LogP) is 6.14. The maximum absolute atomic E-state index is 14.1. The molecule has 186 valence electrons. The zero-order chi connectivity index (χ0) is 25.3. The van der Waals surface area contributed by atoms with E-state index in [9.17, 15) is 22.4 Å². The van der Waals surface area contributed by atoms with Crippen LogP contribution in [-0.4, -0.2) is 34.1 Å². The van der Waals surface area contributed by atoms with E-state index in [1.165, 1.54) is 6.33 Å². The molecule has 1 saturated heterocycles. The van der Waals surface area contributed by atoms with Crippen LogP contribution in [-0.2, 0) is 6.18 Å². The van der Waals surface area contributed by atoms with Crippen LogP contribution < -0.4 is 15.5 Å². The highest BCUT2D eigenvalue weighted by Crippen LogP contribution is 2.36. The zero-order valence-corrected chi connectivity index (χ0v) is 18.9. The van der Waals surface area contributed by atoms with Gasteiger partial charge in [0.25, 0.3) is 0 Å². The minimum Gasteiger partial charge on any atom is -0.355 e. The van der Waals surface area contributed by atoms with Crippen molar-refractivity contribution in [2.24, 2.45) is 0 Å². The van der Waals surface area contributed by atoms with Gasteiger partial charge in [0.05, 0.1) is 16.6 Å². The lowest BCUT2D eigenvalue weighted by Gasteiger charge is -2.34. The van der Waals surface area contributed by atoms with Crippen molar-refractivity contribution in [2.45, 2.75) is 24.9 Å². The first-order valence-electron chi connectivity index (χ1n) is 11.4. The number of nitrogens with zero attached hydrogens (tertiary/aromatic N) is 3. The van der Waals surface area contributed by atoms with Crippen LogP contribution in [0.15, 0.2) is 61.1 Å². The van der Waals surface area contributed by atoms with Crippen molar-refractivity contribution in [3.63, 3.8) is 0 Å². The van der Waals surface area contributed by atoms with E-state index in [0.717, 1.165) is 53.9 Å². The molecule has 3 N–H and O–H groups in total. The molecule has 2 aromatic carbocycles. The SMILES string of the molecule is O=C(Nc1cccc(C2CCCN(c3ncnc4[nH]ccc34)C2)c1)Nc1c(F)cccc1C(F)(F)F. The number of aromatic nitrogens is 3. The second kappa shape index (κ2) is 9.48. The van der Waals surface area contributed by atoms with Crippen molar-refractivity contribution >= 4 is 34.3 Å². The summed E-state index contributed by atoms with van der Waals surface area (Å²) in [5.41, 5.74) is -0.0406. The summed E-state index contributed by atoms with van der Waals surface area (Å²) in [6.07, 6.45) is 0.404. The average molecular weight is 498 g/mol. The highest BCUT2D eigenvalue weighted by molar-refractivity contribution is 6.00. The maximum Gasteiger partial charge on any atom is 0.418 e. The number of urea groups is 1. The largest absolute Gasteiger partial charge is 0.418 e. The molecule has 4 aromatic rings. The zero-order valence-electron chi connectivity index (χ0n) is 18.9. The van der Waals surface area contributed by atoms with E-state index < -0.39 is 29.3 Å². The number of anilines is 3. The van der Waals surface area contributed by atoms with E-state index in [1.807, 2.05) is 23.6 Å². The molecule has 2 aromatic heterocycles. The number of H-pyrrole nitrogens is 1. The summed E-state index contributed by atoms with van der Waals surface area (Å²) >= 11 is 0. The van der Waals surface area contributed by atoms with Gasteiger partial charge < -0.3 is 20.5 Å². The van der Waals surface area contributed by atoms with Crippen molar-refractivity contribution < 1.29 is 22.4 Å². The summed E-state index contributed by atoms with van der Waals surface area (Å²) in [5.74, 6) is -0.168. The van der Waals surface area contributed by atoms with Crippen LogP contribution in [0.25, 0.3) is 11.0 Å². The molecule has 2 amide bonds. The summed E-state index contributed by atoms with van der Waals surface area (Å²) < 4.78 is 53.8. The van der Waals surface area contributed by atoms with Crippen molar-refractivity contribution in [1.82, 2.24) is 15.0 Å². The first kappa shape index (κ1) is 23.6. The smallest absolute Gasteiger partial charge is 0.355 e. The number of rotatable bonds is 4. The molecule has 11 heteroatoms. The van der Waals surface area contributed by atoms with Crippen LogP contribution in [0.3, 0.4) is 0 Å². The summed E-state index contributed by atoms with van der Waals surface area (Å²) in [5, 5.41) is 5.46. The summed E-state index contributed by atoms with van der Waals surface area (Å²) in [6.45, 7) is 1.55. The third-order valence-electron chi connectivity index (χ3n) is 6.23. The number of nitrogens with one attached hydrogen (secondary N) is 3. The molecule has 0 aliphatic carbocycles. The van der Waals surface area contributed by atoms with Gasteiger partial charge in [0.2, 0.25) is 0 Å². The number of aromatic amines is 1. The monoisotopic (exact) mass is 498 g/mol. The molecule has 1 aliphatic heterocycles. The van der Waals surface area contributed by atoms with Gasteiger partial charge >= 0.3 is 12.2 Å². The topological polar surface area (TPSA) is 85.9 Å². The lowest BCUT2D eigenvalue weighted by Crippen LogP contribution is -2.35. The Balaban J connectivity index is 1.31. The van der Waals surface area contributed by atoms with Gasteiger partial charge in [-0.05, 0) is 48.7 Å². The number of carbonyl (C=O) groups is 1. The van der Waals surface area contributed by atoms with Crippen LogP contribution in [0.2, 0.25) is 0 Å². The molecule has 36 heavy (non-hydrogen) atoms. The highest BCUT2D eigenvalue weighted by Gasteiger charge is 2.35. The number of hydrogen-bond donors (Lipinski definition) is 3. The molecular weight excluding hydrogens is 476 g/mol. The first-order valence-corrected chi connectivity index (χ1v) is 11.4. The van der Waals surface area contributed by atoms with Gasteiger partial charge in [-0.3, -0.25) is 0 Å². The molecule has 1 atom stereocenters. The van der Waals surface area contributed by atoms with E-state index >= 15 is 0 Å². The van der Waals surface area contributed by atoms with Gasteiger partial charge in [0.1, 0.15) is 23.6 Å². The van der Waals surface area contributed by atoms with E-state index in [0.29, 0.717) is 18.3 Å². The molecule has 5 rings (SSSR count). The number of benzene rings is 2. The van der Waals surface area contributed by atoms with Crippen molar-refractivity contribution in [2.75, 3.05) is 28.6 Å². The minimum absolute atomic E-state index is 0.149. The van der Waals surface area contributed by atoms with E-state index in [-0.39, 0.29) is 5.92 Å². The summed E-state index contributed by atoms with van der Waals surface area (Å²) in [7, 11) is 0. The van der Waals surface area contributed by atoms with Crippen LogP contribution in [0.5, 0.6) is 0 Å². The van der Waals surface area contributed by atoms with Gasteiger partial charge in [-0.15, -0.1) is 0 Å². The molecule has 0 radical (unpaired) electrons. The number of para-hydroxylation sites is 1. The molecule has 0 bridgehead atoms. The fraction of sp³-hybridized carbons (Fsp3) is 0.240. The Hall–Kier alpha value is -4.15. The number of hydrogen-bond acceptors (Lipinski definition) is 4. The van der Waals surface area contributed by atoms with Crippen LogP contribution >= 0.6 is 0 Å². The Bertz CT molecular complexity index is 1400. The normalized spacial score (nSPS) is 16.2. The lowest BCUT2D eigenvalue weighted by molar-refractivity contribution is -0.137. The maximum atomic E-state index is 14.1. The number of piperidine rings is 1. The fourth-order valence-corrected chi connectivity index (χ4v) is 4.59. The Morgan fingerprint density at radius 3 is 2.75 bits per heavy atom. The third kappa shape index (κ3) is 4.81. The van der Waals surface area contributed by atoms with Gasteiger partial charge in [0.15, 0.2) is 0 Å². The van der Waals surface area contributed by atoms with Crippen LogP contribution in [0, 0.1) is 5.82 Å². The second-order valence-electron chi connectivity index (χ2n) is 8.59. The molecule has 1 fully saturated rings. The quantitative estimate of drug-likeness (QED) is 0.295. The molecule has 0 saturated carbocycles. The Morgan fingerprint density at radius 1 is 1.08 bits per heavy atom. The van der Waals surface area contributed by atoms with Crippen molar-refractivity contribution in [1.29, 1.82) is 0 Å². The van der Waals surface area contributed by atoms with E-state index in [1.54, 1.807) is 18.2 Å². The molecule has 1 unspecified atom stereocenters. The van der Waals surface area contributed by atoms with Crippen LogP contribution in [0.1, 0.15) is 29.9 Å². The Labute approximate surface area is 203 Å². The van der Waals surface area contributed by atoms with Crippen LogP contribution in [0.4, 0.5) is 39.5 Å². The number of alkyl halides is 3. The van der Waals surface area contributed by atoms with Gasteiger partial charge in [-0.2, -0.15) is 13.2 Å². The van der Waals surface area contributed by atoms with E-state index in [2.05, 4.69) is 25.2 Å². The van der Waals surface area contributed by atoms with Gasteiger partial charge in [-0.25, -0.2) is 19.2 Å². The highest BCUT2D eigenvalue weighted by atomic mass is 19.4. The Kier molecular flexibility index (Phi) is 6.21. The van der Waals surface area contributed by atoms with E-state index in [4.69, 9.17) is 0 Å². The summed E-state index contributed by atoms with van der Waals surface area (Å²) in [4.78, 5) is 26.5. The second-order valence-corrected chi connectivity index (χ2v) is 8.59. The number of amides is 2. The number of fused-ring (bicyclic) bond motifs is 1. The van der Waals surface area contributed by atoms with Gasteiger partial charge in [-0.1, -0.05) is 18.2 Å².